The maximum atomic E-state index is 12.6. The van der Waals surface area contributed by atoms with E-state index in [4.69, 9.17) is 15.2 Å². The summed E-state index contributed by atoms with van der Waals surface area (Å²) in [5.74, 6) is -0.127. The van der Waals surface area contributed by atoms with Crippen molar-refractivity contribution in [3.63, 3.8) is 0 Å². The number of amides is 1. The van der Waals surface area contributed by atoms with Crippen LogP contribution in [0.4, 0.5) is 9.80 Å². The number of ether oxygens (including phenoxy) is 2. The van der Waals surface area contributed by atoms with Crippen LogP contribution in [0.5, 0.6) is 0 Å². The number of rotatable bonds is 6. The van der Waals surface area contributed by atoms with Crippen molar-refractivity contribution >= 4 is 34.4 Å². The Labute approximate surface area is 176 Å². The summed E-state index contributed by atoms with van der Waals surface area (Å²) in [6.07, 6.45) is 1.77. The lowest BCUT2D eigenvalue weighted by molar-refractivity contribution is -0.157. The quantitative estimate of drug-likeness (QED) is 0.366. The van der Waals surface area contributed by atoms with Gasteiger partial charge in [0.05, 0.1) is 11.0 Å². The lowest BCUT2D eigenvalue weighted by Crippen LogP contribution is -2.47. The molecule has 0 saturated heterocycles. The largest absolute Gasteiger partial charge is 0.458 e. The van der Waals surface area contributed by atoms with Gasteiger partial charge in [-0.25, -0.2) is 14.6 Å². The highest BCUT2D eigenvalue weighted by atomic mass is 32.1. The third-order valence-electron chi connectivity index (χ3n) is 3.57. The van der Waals surface area contributed by atoms with E-state index in [1.54, 1.807) is 41.5 Å². The van der Waals surface area contributed by atoms with Gasteiger partial charge >= 0.3 is 12.1 Å². The van der Waals surface area contributed by atoms with E-state index in [1.165, 1.54) is 11.3 Å². The molecular weight excluding hydrogens is 392 g/mol. The van der Waals surface area contributed by atoms with Gasteiger partial charge in [-0.2, -0.15) is 0 Å². The number of carbonyl (C=O) groups is 2. The molecule has 1 aromatic heterocycles. The fourth-order valence-corrected chi connectivity index (χ4v) is 3.29. The highest BCUT2D eigenvalue weighted by molar-refractivity contribution is 7.16. The minimum Gasteiger partial charge on any atom is -0.458 e. The summed E-state index contributed by atoms with van der Waals surface area (Å²) in [6.45, 7) is 10.6. The standard InChI is InChI=1S/C20H32N4O4S/c1-19(2,3)27-16(25)14(23-18(26)28-20(4,5)6)11-13-9-10-15(29-13)24-17(21)22-12-7-8-12/h9-10,12,14H,7-8,11H2,1-6H3,(H,23,26)(H3,21,22,24). The monoisotopic (exact) mass is 424 g/mol. The van der Waals surface area contributed by atoms with Gasteiger partial charge in [0, 0.05) is 11.3 Å². The van der Waals surface area contributed by atoms with Crippen LogP contribution in [0.1, 0.15) is 59.3 Å². The van der Waals surface area contributed by atoms with Gasteiger partial charge in [0.25, 0.3) is 0 Å². The van der Waals surface area contributed by atoms with Crippen molar-refractivity contribution in [2.24, 2.45) is 10.7 Å². The molecule has 1 aliphatic rings. The summed E-state index contributed by atoms with van der Waals surface area (Å²) in [5.41, 5.74) is 4.57. The van der Waals surface area contributed by atoms with Crippen molar-refractivity contribution in [2.75, 3.05) is 5.32 Å². The number of esters is 1. The second-order valence-electron chi connectivity index (χ2n) is 9.07. The summed E-state index contributed by atoms with van der Waals surface area (Å²) >= 11 is 1.44. The van der Waals surface area contributed by atoms with E-state index in [9.17, 15) is 9.59 Å². The molecule has 29 heavy (non-hydrogen) atoms. The van der Waals surface area contributed by atoms with Crippen LogP contribution >= 0.6 is 11.3 Å². The van der Waals surface area contributed by atoms with Crippen LogP contribution in [0, 0.1) is 0 Å². The lowest BCUT2D eigenvalue weighted by atomic mass is 10.1. The third-order valence-corrected chi connectivity index (χ3v) is 4.59. The Hall–Kier alpha value is -2.29. The Bertz CT molecular complexity index is 757. The van der Waals surface area contributed by atoms with Gasteiger partial charge in [-0.15, -0.1) is 11.3 Å². The number of hydrogen-bond donors (Lipinski definition) is 3. The minimum absolute atomic E-state index is 0.278. The molecule has 4 N–H and O–H groups in total. The van der Waals surface area contributed by atoms with E-state index < -0.39 is 29.3 Å². The first kappa shape index (κ1) is 23.0. The van der Waals surface area contributed by atoms with Crippen molar-refractivity contribution in [2.45, 2.75) is 84.1 Å². The van der Waals surface area contributed by atoms with E-state index in [0.29, 0.717) is 12.0 Å². The van der Waals surface area contributed by atoms with Crippen molar-refractivity contribution in [3.05, 3.63) is 17.0 Å². The number of thiophene rings is 1. The molecular formula is C20H32N4O4S. The molecule has 0 bridgehead atoms. The molecule has 0 spiro atoms. The molecule has 2 rings (SSSR count). The summed E-state index contributed by atoms with van der Waals surface area (Å²) < 4.78 is 10.8. The summed E-state index contributed by atoms with van der Waals surface area (Å²) in [6, 6.07) is 3.21. The zero-order valence-corrected chi connectivity index (χ0v) is 18.8. The van der Waals surface area contributed by atoms with Crippen LogP contribution < -0.4 is 16.4 Å². The number of aliphatic imine (C=N–C) groups is 1. The molecule has 1 aromatic rings. The number of hydrogen-bond acceptors (Lipinski definition) is 6. The molecule has 0 aromatic carbocycles. The second kappa shape index (κ2) is 9.02. The topological polar surface area (TPSA) is 115 Å². The predicted molar refractivity (Wildman–Crippen MR) is 115 cm³/mol. The average molecular weight is 425 g/mol. The van der Waals surface area contributed by atoms with Crippen molar-refractivity contribution in [1.82, 2.24) is 5.32 Å². The van der Waals surface area contributed by atoms with Gasteiger partial charge in [0.15, 0.2) is 5.96 Å². The Morgan fingerprint density at radius 2 is 1.79 bits per heavy atom. The normalized spacial score (nSPS) is 16.1. The number of alkyl carbamates (subject to hydrolysis) is 1. The van der Waals surface area contributed by atoms with Gasteiger partial charge in [-0.3, -0.25) is 0 Å². The van der Waals surface area contributed by atoms with Gasteiger partial charge in [-0.05, 0) is 66.5 Å². The molecule has 1 unspecified atom stereocenters. The minimum atomic E-state index is -0.868. The molecule has 1 atom stereocenters. The molecule has 0 radical (unpaired) electrons. The molecule has 1 amide bonds. The molecule has 1 fully saturated rings. The van der Waals surface area contributed by atoms with Crippen LogP contribution in [0.25, 0.3) is 0 Å². The Kier molecular flexibility index (Phi) is 7.15. The first-order valence-electron chi connectivity index (χ1n) is 9.72. The van der Waals surface area contributed by atoms with Crippen molar-refractivity contribution < 1.29 is 19.1 Å². The van der Waals surface area contributed by atoms with E-state index in [0.717, 1.165) is 22.7 Å². The average Bonchev–Trinajstić information content (AvgIpc) is 3.21. The van der Waals surface area contributed by atoms with E-state index in [1.807, 2.05) is 12.1 Å². The Morgan fingerprint density at radius 3 is 2.34 bits per heavy atom. The van der Waals surface area contributed by atoms with Gasteiger partial charge in [-0.1, -0.05) is 0 Å². The first-order chi connectivity index (χ1) is 13.3. The van der Waals surface area contributed by atoms with E-state index in [2.05, 4.69) is 15.6 Å². The number of nitrogens with one attached hydrogen (secondary N) is 2. The van der Waals surface area contributed by atoms with Crippen molar-refractivity contribution in [1.29, 1.82) is 0 Å². The molecule has 1 aliphatic carbocycles. The zero-order chi connectivity index (χ0) is 21.8. The smallest absolute Gasteiger partial charge is 0.408 e. The first-order valence-corrected chi connectivity index (χ1v) is 10.5. The zero-order valence-electron chi connectivity index (χ0n) is 18.0. The van der Waals surface area contributed by atoms with Crippen LogP contribution in [-0.2, 0) is 20.7 Å². The predicted octanol–water partition coefficient (Wildman–Crippen LogP) is 3.41. The highest BCUT2D eigenvalue weighted by Crippen LogP contribution is 2.26. The Morgan fingerprint density at radius 1 is 1.17 bits per heavy atom. The number of carbonyl (C=O) groups excluding carboxylic acids is 2. The maximum Gasteiger partial charge on any atom is 0.408 e. The number of anilines is 1. The molecule has 8 nitrogen and oxygen atoms in total. The number of nitrogens with zero attached hydrogens (tertiary/aromatic N) is 1. The van der Waals surface area contributed by atoms with Crippen molar-refractivity contribution in [3.8, 4) is 0 Å². The summed E-state index contributed by atoms with van der Waals surface area (Å²) in [5, 5.41) is 6.52. The SMILES string of the molecule is CC(C)(C)OC(=O)NC(Cc1ccc(NC(N)=NC2CC2)s1)C(=O)OC(C)(C)C. The molecule has 0 aliphatic heterocycles. The molecule has 162 valence electrons. The van der Waals surface area contributed by atoms with Crippen LogP contribution in [0.15, 0.2) is 17.1 Å². The third kappa shape index (κ3) is 9.17. The Balaban J connectivity index is 2.05. The summed E-state index contributed by atoms with van der Waals surface area (Å²) in [4.78, 5) is 30.1. The van der Waals surface area contributed by atoms with Crippen LogP contribution in [0.3, 0.4) is 0 Å². The van der Waals surface area contributed by atoms with Gasteiger partial charge in [0.2, 0.25) is 0 Å². The fourth-order valence-electron chi connectivity index (χ4n) is 2.33. The fraction of sp³-hybridized carbons (Fsp3) is 0.650. The number of nitrogens with two attached hydrogens (primary N) is 1. The van der Waals surface area contributed by atoms with E-state index in [-0.39, 0.29) is 6.42 Å². The lowest BCUT2D eigenvalue weighted by Gasteiger charge is -2.26. The van der Waals surface area contributed by atoms with Gasteiger partial charge in [0.1, 0.15) is 17.2 Å². The summed E-state index contributed by atoms with van der Waals surface area (Å²) in [7, 11) is 0. The molecule has 1 saturated carbocycles. The molecule has 9 heteroatoms. The maximum absolute atomic E-state index is 12.6. The molecule has 1 heterocycles. The second-order valence-corrected chi connectivity index (χ2v) is 10.2. The highest BCUT2D eigenvalue weighted by Gasteiger charge is 2.29. The van der Waals surface area contributed by atoms with E-state index >= 15 is 0 Å². The number of guanidine groups is 1. The van der Waals surface area contributed by atoms with Gasteiger partial charge < -0.3 is 25.8 Å². The van der Waals surface area contributed by atoms with Crippen LogP contribution in [0.2, 0.25) is 0 Å². The van der Waals surface area contributed by atoms with Crippen LogP contribution in [-0.4, -0.2) is 41.3 Å².